The van der Waals surface area contributed by atoms with Gasteiger partial charge in [0.05, 0.1) is 24.4 Å². The van der Waals surface area contributed by atoms with Crippen molar-refractivity contribution < 1.29 is 27.2 Å². The standard InChI is InChI=1S/C18H28N2O6P2S2/c1-11(2)23-27(21,24-12(3)4)15(9-19)17-29-18(30-17)16(10-20)28(22,25-13(5)6)26-14(7)8/h11-14H,1-8H3. The number of rotatable bonds is 10. The second kappa shape index (κ2) is 11.2. The van der Waals surface area contributed by atoms with Gasteiger partial charge in [-0.25, -0.2) is 0 Å². The molecule has 0 aliphatic carbocycles. The van der Waals surface area contributed by atoms with Gasteiger partial charge >= 0.3 is 15.2 Å². The SMILES string of the molecule is CC(C)OP(=O)(OC(C)C)C(C#N)=c1sc(=C(C#N)P(=O)(OC(C)C)OC(C)C)s1. The highest BCUT2D eigenvalue weighted by molar-refractivity contribution is 7.67. The molecule has 0 unspecified atom stereocenters. The van der Waals surface area contributed by atoms with Crippen molar-refractivity contribution in [2.45, 2.75) is 79.8 Å². The molecule has 0 amide bonds. The topological polar surface area (TPSA) is 119 Å². The summed E-state index contributed by atoms with van der Waals surface area (Å²) in [4.78, 5) is 0. The Morgan fingerprint density at radius 2 is 0.900 bits per heavy atom. The maximum atomic E-state index is 13.3. The van der Waals surface area contributed by atoms with E-state index in [1.807, 2.05) is 12.1 Å². The van der Waals surface area contributed by atoms with Gasteiger partial charge in [-0.1, -0.05) is 0 Å². The summed E-state index contributed by atoms with van der Waals surface area (Å²) in [6.07, 6.45) is -1.73. The maximum Gasteiger partial charge on any atom is 0.374 e. The molecular formula is C18H28N2O6P2S2. The van der Waals surface area contributed by atoms with E-state index in [2.05, 4.69) is 0 Å². The second-order valence-corrected chi connectivity index (χ2v) is 13.6. The molecule has 0 saturated heterocycles. The van der Waals surface area contributed by atoms with Crippen molar-refractivity contribution in [1.82, 2.24) is 0 Å². The van der Waals surface area contributed by atoms with Gasteiger partial charge in [-0.2, -0.15) is 10.5 Å². The molecule has 1 heterocycles. The van der Waals surface area contributed by atoms with Crippen molar-refractivity contribution in [3.8, 4) is 12.1 Å². The third kappa shape index (κ3) is 7.12. The molecular weight excluding hydrogens is 466 g/mol. The maximum absolute atomic E-state index is 13.3. The van der Waals surface area contributed by atoms with Gasteiger partial charge in [0, 0.05) is 0 Å². The predicted molar refractivity (Wildman–Crippen MR) is 120 cm³/mol. The molecule has 0 atom stereocenters. The van der Waals surface area contributed by atoms with Gasteiger partial charge in [0.25, 0.3) is 0 Å². The fraction of sp³-hybridized carbons (Fsp3) is 0.667. The van der Waals surface area contributed by atoms with Gasteiger partial charge in [-0.3, -0.25) is 9.13 Å². The van der Waals surface area contributed by atoms with E-state index in [0.29, 0.717) is 7.69 Å². The zero-order valence-electron chi connectivity index (χ0n) is 18.4. The summed E-state index contributed by atoms with van der Waals surface area (Å²) in [5.41, 5.74) is 0. The average Bonchev–Trinajstić information content (AvgIpc) is 2.49. The Morgan fingerprint density at radius 1 is 0.667 bits per heavy atom. The van der Waals surface area contributed by atoms with Gasteiger partial charge in [0.1, 0.15) is 19.8 Å². The molecule has 1 aromatic rings. The van der Waals surface area contributed by atoms with Crippen LogP contribution in [0.15, 0.2) is 0 Å². The molecule has 0 bridgehead atoms. The fourth-order valence-corrected chi connectivity index (χ4v) is 9.17. The normalized spacial score (nSPS) is 12.6. The first-order valence-corrected chi connectivity index (χ1v) is 14.1. The summed E-state index contributed by atoms with van der Waals surface area (Å²) in [5.74, 6) is 0. The summed E-state index contributed by atoms with van der Waals surface area (Å²) < 4.78 is 49.3. The van der Waals surface area contributed by atoms with Crippen LogP contribution in [0.2, 0.25) is 0 Å². The Bertz CT molecular complexity index is 903. The first kappa shape index (κ1) is 27.2. The predicted octanol–water partition coefficient (Wildman–Crippen LogP) is 5.16. The van der Waals surface area contributed by atoms with E-state index in [1.54, 1.807) is 55.4 Å². The molecule has 1 aromatic heterocycles. The molecule has 0 radical (unpaired) electrons. The summed E-state index contributed by atoms with van der Waals surface area (Å²) in [6, 6.07) is 3.85. The summed E-state index contributed by atoms with van der Waals surface area (Å²) in [7, 11) is -7.75. The molecule has 0 aliphatic heterocycles. The number of nitrogens with zero attached hydrogens (tertiary/aromatic N) is 2. The minimum atomic E-state index is -3.87. The largest absolute Gasteiger partial charge is 0.374 e. The van der Waals surface area contributed by atoms with E-state index in [0.717, 1.165) is 22.7 Å². The lowest BCUT2D eigenvalue weighted by Crippen LogP contribution is -2.20. The second-order valence-electron chi connectivity index (χ2n) is 7.31. The van der Waals surface area contributed by atoms with Crippen LogP contribution in [-0.2, 0) is 27.2 Å². The van der Waals surface area contributed by atoms with Crippen molar-refractivity contribution in [3.63, 3.8) is 0 Å². The minimum absolute atomic E-state index is 0.134. The van der Waals surface area contributed by atoms with Gasteiger partial charge in [0.15, 0.2) is 10.6 Å². The van der Waals surface area contributed by atoms with Crippen LogP contribution in [0.5, 0.6) is 0 Å². The molecule has 0 aliphatic rings. The van der Waals surface area contributed by atoms with E-state index < -0.39 is 39.6 Å². The van der Waals surface area contributed by atoms with E-state index in [9.17, 15) is 19.7 Å². The molecule has 0 saturated carbocycles. The van der Waals surface area contributed by atoms with E-state index in [1.165, 1.54) is 0 Å². The Balaban J connectivity index is 3.68. The van der Waals surface area contributed by atoms with Crippen LogP contribution in [0.4, 0.5) is 0 Å². The molecule has 0 N–H and O–H groups in total. The Morgan fingerprint density at radius 3 is 1.07 bits per heavy atom. The zero-order valence-corrected chi connectivity index (χ0v) is 21.8. The number of nitriles is 2. The lowest BCUT2D eigenvalue weighted by atomic mass is 10.5. The zero-order chi connectivity index (χ0) is 23.3. The van der Waals surface area contributed by atoms with Crippen molar-refractivity contribution in [1.29, 1.82) is 10.5 Å². The lowest BCUT2D eigenvalue weighted by Gasteiger charge is -2.23. The molecule has 12 heteroatoms. The van der Waals surface area contributed by atoms with Crippen LogP contribution in [0, 0.1) is 22.7 Å². The van der Waals surface area contributed by atoms with Crippen LogP contribution in [0.3, 0.4) is 0 Å². The van der Waals surface area contributed by atoms with Crippen LogP contribution < -0.4 is 7.69 Å². The highest BCUT2D eigenvalue weighted by Crippen LogP contribution is 2.60. The van der Waals surface area contributed by atoms with Crippen LogP contribution in [0.25, 0.3) is 10.6 Å². The fourth-order valence-electron chi connectivity index (χ4n) is 2.18. The van der Waals surface area contributed by atoms with Crippen molar-refractivity contribution in [2.75, 3.05) is 0 Å². The van der Waals surface area contributed by atoms with Crippen molar-refractivity contribution >= 4 is 48.5 Å². The molecule has 8 nitrogen and oxygen atoms in total. The Kier molecular flexibility index (Phi) is 10.1. The van der Waals surface area contributed by atoms with E-state index in [4.69, 9.17) is 18.1 Å². The number of hydrogen-bond acceptors (Lipinski definition) is 10. The van der Waals surface area contributed by atoms with Gasteiger partial charge in [-0.05, 0) is 55.4 Å². The Hall–Kier alpha value is -0.800. The number of hydrogen-bond donors (Lipinski definition) is 0. The highest BCUT2D eigenvalue weighted by atomic mass is 32.2. The lowest BCUT2D eigenvalue weighted by molar-refractivity contribution is 0.149. The monoisotopic (exact) mass is 494 g/mol. The Labute approximate surface area is 185 Å². The molecule has 168 valence electrons. The third-order valence-corrected chi connectivity index (χ3v) is 10.6. The van der Waals surface area contributed by atoms with Crippen LogP contribution in [-0.4, -0.2) is 24.4 Å². The summed E-state index contributed by atoms with van der Waals surface area (Å²) in [6.45, 7) is 13.5. The van der Waals surface area contributed by atoms with Crippen LogP contribution in [0.1, 0.15) is 55.4 Å². The minimum Gasteiger partial charge on any atom is -0.302 e. The smallest absolute Gasteiger partial charge is 0.302 e. The van der Waals surface area contributed by atoms with Gasteiger partial charge in [-0.15, -0.1) is 22.7 Å². The molecule has 30 heavy (non-hydrogen) atoms. The van der Waals surface area contributed by atoms with Crippen LogP contribution >= 0.6 is 37.9 Å². The summed E-state index contributed by atoms with van der Waals surface area (Å²) >= 11 is 2.03. The molecule has 0 spiro atoms. The third-order valence-electron chi connectivity index (χ3n) is 2.92. The molecule has 1 rings (SSSR count). The van der Waals surface area contributed by atoms with E-state index >= 15 is 0 Å². The van der Waals surface area contributed by atoms with Gasteiger partial charge < -0.3 is 18.1 Å². The van der Waals surface area contributed by atoms with Crippen molar-refractivity contribution in [3.05, 3.63) is 7.69 Å². The van der Waals surface area contributed by atoms with E-state index in [-0.39, 0.29) is 10.6 Å². The van der Waals surface area contributed by atoms with Gasteiger partial charge in [0.2, 0.25) is 0 Å². The highest BCUT2D eigenvalue weighted by Gasteiger charge is 2.37. The average molecular weight is 495 g/mol. The first-order valence-electron chi connectivity index (χ1n) is 9.37. The molecule has 0 aromatic carbocycles. The quantitative estimate of drug-likeness (QED) is 0.409. The first-order chi connectivity index (χ1) is 13.8. The molecule has 0 fully saturated rings. The van der Waals surface area contributed by atoms with Crippen molar-refractivity contribution in [2.24, 2.45) is 0 Å². The summed E-state index contributed by atoms with van der Waals surface area (Å²) in [5, 5.41) is 19.0.